The SMILES string of the molecule is Cc1cc(N[C@H]2CCCN(Cc3ccccn3)C2)nc(-c2ccccc2)n1. The van der Waals surface area contributed by atoms with Crippen molar-refractivity contribution >= 4 is 5.82 Å². The first kappa shape index (κ1) is 17.6. The van der Waals surface area contributed by atoms with E-state index in [9.17, 15) is 0 Å². The maximum Gasteiger partial charge on any atom is 0.161 e. The summed E-state index contributed by atoms with van der Waals surface area (Å²) >= 11 is 0. The molecule has 5 nitrogen and oxygen atoms in total. The lowest BCUT2D eigenvalue weighted by Crippen LogP contribution is -2.41. The monoisotopic (exact) mass is 359 g/mol. The van der Waals surface area contributed by atoms with Gasteiger partial charge in [-0.1, -0.05) is 36.4 Å². The van der Waals surface area contributed by atoms with Crippen LogP contribution in [0, 0.1) is 6.92 Å². The van der Waals surface area contributed by atoms with E-state index in [2.05, 4.69) is 32.3 Å². The Labute approximate surface area is 160 Å². The summed E-state index contributed by atoms with van der Waals surface area (Å²) in [4.78, 5) is 16.3. The highest BCUT2D eigenvalue weighted by atomic mass is 15.2. The van der Waals surface area contributed by atoms with Crippen molar-refractivity contribution in [1.29, 1.82) is 0 Å². The van der Waals surface area contributed by atoms with Gasteiger partial charge >= 0.3 is 0 Å². The normalized spacial score (nSPS) is 17.6. The molecule has 0 aliphatic carbocycles. The average molecular weight is 359 g/mol. The molecule has 3 heterocycles. The molecular weight excluding hydrogens is 334 g/mol. The smallest absolute Gasteiger partial charge is 0.161 e. The van der Waals surface area contributed by atoms with Gasteiger partial charge in [-0.2, -0.15) is 0 Å². The summed E-state index contributed by atoms with van der Waals surface area (Å²) in [6.07, 6.45) is 4.20. The number of aromatic nitrogens is 3. The number of anilines is 1. The van der Waals surface area contributed by atoms with Gasteiger partial charge in [0.25, 0.3) is 0 Å². The fraction of sp³-hybridized carbons (Fsp3) is 0.318. The van der Waals surface area contributed by atoms with E-state index in [1.54, 1.807) is 0 Å². The Bertz CT molecular complexity index is 866. The van der Waals surface area contributed by atoms with E-state index in [4.69, 9.17) is 4.98 Å². The van der Waals surface area contributed by atoms with Gasteiger partial charge < -0.3 is 5.32 Å². The molecule has 1 aromatic carbocycles. The van der Waals surface area contributed by atoms with Crippen LogP contribution in [-0.4, -0.2) is 39.0 Å². The summed E-state index contributed by atoms with van der Waals surface area (Å²) in [6, 6.07) is 18.7. The molecule has 1 saturated heterocycles. The van der Waals surface area contributed by atoms with E-state index in [1.165, 1.54) is 6.42 Å². The fourth-order valence-electron chi connectivity index (χ4n) is 3.61. The zero-order chi connectivity index (χ0) is 18.5. The number of pyridine rings is 1. The van der Waals surface area contributed by atoms with Crippen molar-refractivity contribution in [2.24, 2.45) is 0 Å². The third-order valence-electron chi connectivity index (χ3n) is 4.86. The lowest BCUT2D eigenvalue weighted by atomic mass is 10.1. The molecule has 27 heavy (non-hydrogen) atoms. The summed E-state index contributed by atoms with van der Waals surface area (Å²) < 4.78 is 0. The number of nitrogens with one attached hydrogen (secondary N) is 1. The maximum atomic E-state index is 4.75. The van der Waals surface area contributed by atoms with E-state index >= 15 is 0 Å². The molecule has 1 aliphatic rings. The van der Waals surface area contributed by atoms with E-state index in [1.807, 2.05) is 55.6 Å². The Balaban J connectivity index is 1.45. The number of hydrogen-bond acceptors (Lipinski definition) is 5. The summed E-state index contributed by atoms with van der Waals surface area (Å²) in [7, 11) is 0. The van der Waals surface area contributed by atoms with Gasteiger partial charge in [-0.25, -0.2) is 9.97 Å². The molecule has 0 unspecified atom stereocenters. The van der Waals surface area contributed by atoms with Crippen LogP contribution in [0.4, 0.5) is 5.82 Å². The van der Waals surface area contributed by atoms with Crippen LogP contribution < -0.4 is 5.32 Å². The predicted octanol–water partition coefficient (Wildman–Crippen LogP) is 3.92. The Morgan fingerprint density at radius 2 is 1.93 bits per heavy atom. The van der Waals surface area contributed by atoms with Crippen LogP contribution >= 0.6 is 0 Å². The Kier molecular flexibility index (Phi) is 5.39. The minimum Gasteiger partial charge on any atom is -0.366 e. The van der Waals surface area contributed by atoms with Crippen molar-refractivity contribution in [2.75, 3.05) is 18.4 Å². The molecule has 1 atom stereocenters. The molecule has 0 saturated carbocycles. The minimum atomic E-state index is 0.389. The second-order valence-corrected chi connectivity index (χ2v) is 7.12. The second-order valence-electron chi connectivity index (χ2n) is 7.12. The standard InChI is InChI=1S/C22H25N5/c1-17-14-21(26-22(24-17)18-8-3-2-4-9-18)25-20-11-7-13-27(16-20)15-19-10-5-6-12-23-19/h2-6,8-10,12,14,20H,7,11,13,15-16H2,1H3,(H,24,25,26)/t20-/m0/s1. The molecule has 0 amide bonds. The van der Waals surface area contributed by atoms with Crippen LogP contribution in [0.25, 0.3) is 11.4 Å². The molecule has 0 radical (unpaired) electrons. The minimum absolute atomic E-state index is 0.389. The zero-order valence-electron chi connectivity index (χ0n) is 15.7. The van der Waals surface area contributed by atoms with E-state index < -0.39 is 0 Å². The predicted molar refractivity (Wildman–Crippen MR) is 108 cm³/mol. The Morgan fingerprint density at radius 3 is 2.74 bits per heavy atom. The van der Waals surface area contributed by atoms with Crippen LogP contribution in [0.15, 0.2) is 60.8 Å². The van der Waals surface area contributed by atoms with Gasteiger partial charge in [0.2, 0.25) is 0 Å². The Morgan fingerprint density at radius 1 is 1.07 bits per heavy atom. The summed E-state index contributed by atoms with van der Waals surface area (Å²) in [6.45, 7) is 5.04. The topological polar surface area (TPSA) is 53.9 Å². The third-order valence-corrected chi connectivity index (χ3v) is 4.86. The van der Waals surface area contributed by atoms with Crippen LogP contribution in [0.1, 0.15) is 24.2 Å². The lowest BCUT2D eigenvalue weighted by molar-refractivity contribution is 0.206. The molecule has 0 bridgehead atoms. The highest BCUT2D eigenvalue weighted by Crippen LogP contribution is 2.20. The van der Waals surface area contributed by atoms with E-state index in [0.29, 0.717) is 6.04 Å². The molecule has 0 spiro atoms. The number of aryl methyl sites for hydroxylation is 1. The van der Waals surface area contributed by atoms with Gasteiger partial charge in [0.1, 0.15) is 5.82 Å². The number of nitrogens with zero attached hydrogens (tertiary/aromatic N) is 4. The molecule has 4 rings (SSSR count). The quantitative estimate of drug-likeness (QED) is 0.748. The molecule has 3 aromatic rings. The third kappa shape index (κ3) is 4.68. The van der Waals surface area contributed by atoms with E-state index in [-0.39, 0.29) is 0 Å². The molecular formula is C22H25N5. The number of hydrogen-bond donors (Lipinski definition) is 1. The van der Waals surface area contributed by atoms with Gasteiger partial charge in [0.05, 0.1) is 5.69 Å². The van der Waals surface area contributed by atoms with Crippen molar-refractivity contribution < 1.29 is 0 Å². The van der Waals surface area contributed by atoms with Gasteiger partial charge in [0, 0.05) is 42.7 Å². The van der Waals surface area contributed by atoms with Crippen LogP contribution in [0.3, 0.4) is 0 Å². The molecule has 5 heteroatoms. The maximum absolute atomic E-state index is 4.75. The molecule has 1 N–H and O–H groups in total. The van der Waals surface area contributed by atoms with Gasteiger partial charge in [-0.05, 0) is 38.4 Å². The number of benzene rings is 1. The summed E-state index contributed by atoms with van der Waals surface area (Å²) in [5.41, 5.74) is 3.15. The summed E-state index contributed by atoms with van der Waals surface area (Å²) in [5.74, 6) is 1.69. The van der Waals surface area contributed by atoms with Crippen LogP contribution in [0.2, 0.25) is 0 Å². The highest BCUT2D eigenvalue weighted by Gasteiger charge is 2.21. The number of rotatable bonds is 5. The summed E-state index contributed by atoms with van der Waals surface area (Å²) in [5, 5.41) is 3.63. The van der Waals surface area contributed by atoms with Crippen molar-refractivity contribution in [2.45, 2.75) is 32.4 Å². The van der Waals surface area contributed by atoms with Crippen molar-refractivity contribution in [3.05, 3.63) is 72.2 Å². The average Bonchev–Trinajstić information content (AvgIpc) is 2.69. The zero-order valence-corrected chi connectivity index (χ0v) is 15.7. The van der Waals surface area contributed by atoms with E-state index in [0.717, 1.165) is 54.6 Å². The van der Waals surface area contributed by atoms with Crippen molar-refractivity contribution in [3.63, 3.8) is 0 Å². The molecule has 1 aliphatic heterocycles. The molecule has 138 valence electrons. The first-order chi connectivity index (χ1) is 13.3. The molecule has 1 fully saturated rings. The number of piperidine rings is 1. The van der Waals surface area contributed by atoms with Crippen LogP contribution in [0.5, 0.6) is 0 Å². The van der Waals surface area contributed by atoms with Gasteiger partial charge in [-0.3, -0.25) is 9.88 Å². The first-order valence-electron chi connectivity index (χ1n) is 9.56. The second kappa shape index (κ2) is 8.27. The fourth-order valence-corrected chi connectivity index (χ4v) is 3.61. The highest BCUT2D eigenvalue weighted by molar-refractivity contribution is 5.57. The first-order valence-corrected chi connectivity index (χ1v) is 9.56. The van der Waals surface area contributed by atoms with Crippen LogP contribution in [-0.2, 0) is 6.54 Å². The van der Waals surface area contributed by atoms with Crippen molar-refractivity contribution in [1.82, 2.24) is 19.9 Å². The van der Waals surface area contributed by atoms with Crippen molar-refractivity contribution in [3.8, 4) is 11.4 Å². The largest absolute Gasteiger partial charge is 0.366 e. The van der Waals surface area contributed by atoms with Gasteiger partial charge in [0.15, 0.2) is 5.82 Å². The Hall–Kier alpha value is -2.79. The number of likely N-dealkylation sites (tertiary alicyclic amines) is 1. The molecule has 2 aromatic heterocycles. The van der Waals surface area contributed by atoms with Gasteiger partial charge in [-0.15, -0.1) is 0 Å². The lowest BCUT2D eigenvalue weighted by Gasteiger charge is -2.33.